The molecule has 4 heteroatoms. The van der Waals surface area contributed by atoms with Gasteiger partial charge in [-0.3, -0.25) is 9.80 Å². The third-order valence-electron chi connectivity index (χ3n) is 9.59. The maximum absolute atomic E-state index is 2.90. The number of rotatable bonds is 26. The van der Waals surface area contributed by atoms with E-state index in [0.717, 1.165) is 11.8 Å². The van der Waals surface area contributed by atoms with Gasteiger partial charge in [0.25, 0.3) is 0 Å². The van der Waals surface area contributed by atoms with Crippen molar-refractivity contribution in [1.29, 1.82) is 0 Å². The highest BCUT2D eigenvalue weighted by Crippen LogP contribution is 2.37. The lowest BCUT2D eigenvalue weighted by molar-refractivity contribution is -0.0219. The Hall–Kier alpha value is -0.160. The molecule has 0 aromatic rings. The van der Waals surface area contributed by atoms with Crippen LogP contribution in [0.25, 0.3) is 0 Å². The van der Waals surface area contributed by atoms with Crippen LogP contribution in [-0.2, 0) is 0 Å². The molecule has 0 aliphatic rings. The van der Waals surface area contributed by atoms with E-state index in [2.05, 4.69) is 123 Å². The van der Waals surface area contributed by atoms with Crippen molar-refractivity contribution in [2.45, 2.75) is 185 Å². The lowest BCUT2D eigenvalue weighted by Crippen LogP contribution is -2.58. The summed E-state index contributed by atoms with van der Waals surface area (Å²) in [7, 11) is 0. The monoisotopic (exact) mass is 609 g/mol. The standard InChI is InChI=1S/C39H84N4/c1-16-18-25-40(26-19-17-2)27-20-23-37(24-21-29-42(35(7)8)36(9)10)39(14,15)43(38(11,12)13)30-22-28-41(31-33(3)4)32-34(5)6/h33-37H,16-32H2,1-15H3. The molecule has 43 heavy (non-hydrogen) atoms. The molecule has 260 valence electrons. The van der Waals surface area contributed by atoms with Crippen LogP contribution in [0.5, 0.6) is 0 Å². The van der Waals surface area contributed by atoms with E-state index in [4.69, 9.17) is 0 Å². The molecule has 0 fully saturated rings. The topological polar surface area (TPSA) is 13.0 Å². The summed E-state index contributed by atoms with van der Waals surface area (Å²) in [5, 5.41) is 0. The van der Waals surface area contributed by atoms with Crippen molar-refractivity contribution in [2.24, 2.45) is 17.8 Å². The maximum atomic E-state index is 2.90. The Morgan fingerprint density at radius 3 is 1.30 bits per heavy atom. The van der Waals surface area contributed by atoms with Gasteiger partial charge < -0.3 is 9.80 Å². The van der Waals surface area contributed by atoms with Gasteiger partial charge in [0.05, 0.1) is 0 Å². The fraction of sp³-hybridized carbons (Fsp3) is 1.00. The lowest BCUT2D eigenvalue weighted by Gasteiger charge is -2.52. The molecule has 0 aromatic heterocycles. The Kier molecular flexibility index (Phi) is 22.3. The molecule has 1 atom stereocenters. The second kappa shape index (κ2) is 22.4. The van der Waals surface area contributed by atoms with Gasteiger partial charge >= 0.3 is 0 Å². The predicted molar refractivity (Wildman–Crippen MR) is 196 cm³/mol. The van der Waals surface area contributed by atoms with E-state index in [1.165, 1.54) is 110 Å². The maximum Gasteiger partial charge on any atom is 0.0186 e. The van der Waals surface area contributed by atoms with Crippen molar-refractivity contribution < 1.29 is 0 Å². The normalized spacial score (nSPS) is 14.3. The third-order valence-corrected chi connectivity index (χ3v) is 9.59. The minimum absolute atomic E-state index is 0.152. The Labute approximate surface area is 274 Å². The zero-order valence-corrected chi connectivity index (χ0v) is 32.7. The summed E-state index contributed by atoms with van der Waals surface area (Å²) >= 11 is 0. The van der Waals surface area contributed by atoms with Crippen molar-refractivity contribution in [3.8, 4) is 0 Å². The first-order chi connectivity index (χ1) is 20.0. The summed E-state index contributed by atoms with van der Waals surface area (Å²) in [4.78, 5) is 11.1. The van der Waals surface area contributed by atoms with Crippen LogP contribution in [0.1, 0.15) is 162 Å². The summed E-state index contributed by atoms with van der Waals surface area (Å²) in [6.45, 7) is 46.1. The molecule has 4 nitrogen and oxygen atoms in total. The second-order valence-corrected chi connectivity index (χ2v) is 16.8. The van der Waals surface area contributed by atoms with Gasteiger partial charge in [-0.15, -0.1) is 0 Å². The highest BCUT2D eigenvalue weighted by Gasteiger charge is 2.40. The smallest absolute Gasteiger partial charge is 0.0186 e. The number of nitrogens with zero attached hydrogens (tertiary/aromatic N) is 4. The summed E-state index contributed by atoms with van der Waals surface area (Å²) in [6.07, 6.45) is 11.8. The van der Waals surface area contributed by atoms with E-state index in [1.807, 2.05) is 0 Å². The zero-order valence-electron chi connectivity index (χ0n) is 32.7. The molecule has 0 bridgehead atoms. The fourth-order valence-corrected chi connectivity index (χ4v) is 7.59. The third kappa shape index (κ3) is 18.5. The van der Waals surface area contributed by atoms with Crippen LogP contribution in [0, 0.1) is 17.8 Å². The van der Waals surface area contributed by atoms with Crippen molar-refractivity contribution in [3.63, 3.8) is 0 Å². The van der Waals surface area contributed by atoms with Crippen LogP contribution in [0.3, 0.4) is 0 Å². The molecule has 0 heterocycles. The van der Waals surface area contributed by atoms with Gasteiger partial charge in [-0.05, 0) is 158 Å². The molecule has 1 unspecified atom stereocenters. The largest absolute Gasteiger partial charge is 0.303 e. The Morgan fingerprint density at radius 2 is 0.907 bits per heavy atom. The van der Waals surface area contributed by atoms with Crippen LogP contribution < -0.4 is 0 Å². The first-order valence-electron chi connectivity index (χ1n) is 18.9. The van der Waals surface area contributed by atoms with Crippen LogP contribution >= 0.6 is 0 Å². The van der Waals surface area contributed by atoms with Crippen molar-refractivity contribution >= 4 is 0 Å². The first-order valence-corrected chi connectivity index (χ1v) is 18.9. The van der Waals surface area contributed by atoms with Gasteiger partial charge in [0.1, 0.15) is 0 Å². The van der Waals surface area contributed by atoms with E-state index < -0.39 is 0 Å². The molecule has 0 N–H and O–H groups in total. The highest BCUT2D eigenvalue weighted by molar-refractivity contribution is 4.95. The van der Waals surface area contributed by atoms with Gasteiger partial charge in [0.15, 0.2) is 0 Å². The summed E-state index contributed by atoms with van der Waals surface area (Å²) in [6, 6.07) is 1.23. The minimum Gasteiger partial charge on any atom is -0.303 e. The van der Waals surface area contributed by atoms with E-state index in [1.54, 1.807) is 0 Å². The SMILES string of the molecule is CCCCN(CCCC)CCCC(CCCN(C(C)C)C(C)C)C(C)(C)N(CCCN(CC(C)C)CC(C)C)C(C)(C)C. The molecule has 0 aromatic carbocycles. The molecule has 0 amide bonds. The Balaban J connectivity index is 5.85. The molecule has 0 saturated heterocycles. The molecule has 0 spiro atoms. The summed E-state index contributed by atoms with van der Waals surface area (Å²) in [5.41, 5.74) is 0.316. The highest BCUT2D eigenvalue weighted by atomic mass is 15.3. The van der Waals surface area contributed by atoms with E-state index in [-0.39, 0.29) is 11.1 Å². The fourth-order valence-electron chi connectivity index (χ4n) is 7.59. The van der Waals surface area contributed by atoms with E-state index in [9.17, 15) is 0 Å². The zero-order chi connectivity index (χ0) is 33.2. The van der Waals surface area contributed by atoms with Crippen molar-refractivity contribution in [3.05, 3.63) is 0 Å². The Morgan fingerprint density at radius 1 is 0.488 bits per heavy atom. The molecular formula is C39H84N4. The lowest BCUT2D eigenvalue weighted by atomic mass is 9.77. The van der Waals surface area contributed by atoms with Crippen LogP contribution in [-0.4, -0.2) is 95.1 Å². The summed E-state index contributed by atoms with van der Waals surface area (Å²) in [5.74, 6) is 2.15. The van der Waals surface area contributed by atoms with Crippen molar-refractivity contribution in [2.75, 3.05) is 52.4 Å². The van der Waals surface area contributed by atoms with Crippen LogP contribution in [0.15, 0.2) is 0 Å². The first kappa shape index (κ1) is 42.8. The Bertz CT molecular complexity index is 622. The second-order valence-electron chi connectivity index (χ2n) is 16.8. The average molecular weight is 609 g/mol. The molecule has 0 saturated carbocycles. The van der Waals surface area contributed by atoms with E-state index in [0.29, 0.717) is 18.0 Å². The van der Waals surface area contributed by atoms with Gasteiger partial charge in [-0.1, -0.05) is 54.4 Å². The molecule has 0 rings (SSSR count). The minimum atomic E-state index is 0.152. The van der Waals surface area contributed by atoms with Gasteiger partial charge in [0, 0.05) is 42.8 Å². The average Bonchev–Trinajstić information content (AvgIpc) is 2.86. The molecule has 0 aliphatic heterocycles. The number of unbranched alkanes of at least 4 members (excludes halogenated alkanes) is 2. The molecule has 0 radical (unpaired) electrons. The van der Waals surface area contributed by atoms with Crippen molar-refractivity contribution in [1.82, 2.24) is 19.6 Å². The predicted octanol–water partition coefficient (Wildman–Crippen LogP) is 10.1. The number of hydrogen-bond donors (Lipinski definition) is 0. The number of hydrogen-bond acceptors (Lipinski definition) is 4. The summed E-state index contributed by atoms with van der Waals surface area (Å²) < 4.78 is 0. The quantitative estimate of drug-likeness (QED) is 0.0968. The van der Waals surface area contributed by atoms with Gasteiger partial charge in [-0.25, -0.2) is 0 Å². The van der Waals surface area contributed by atoms with Crippen LogP contribution in [0.4, 0.5) is 0 Å². The molecular weight excluding hydrogens is 524 g/mol. The molecule has 0 aliphatic carbocycles. The van der Waals surface area contributed by atoms with Gasteiger partial charge in [-0.2, -0.15) is 0 Å². The van der Waals surface area contributed by atoms with Crippen LogP contribution in [0.2, 0.25) is 0 Å². The van der Waals surface area contributed by atoms with E-state index >= 15 is 0 Å². The van der Waals surface area contributed by atoms with Gasteiger partial charge in [0.2, 0.25) is 0 Å².